The summed E-state index contributed by atoms with van der Waals surface area (Å²) < 4.78 is 12.6. The molecule has 1 unspecified atom stereocenters. The molecule has 0 saturated carbocycles. The van der Waals surface area contributed by atoms with Crippen LogP contribution in [0.1, 0.15) is 29.9 Å². The molecule has 0 aliphatic rings. The first-order chi connectivity index (χ1) is 18.8. The summed E-state index contributed by atoms with van der Waals surface area (Å²) in [6.07, 6.45) is 3.03. The third-order valence-corrected chi connectivity index (χ3v) is 5.61. The van der Waals surface area contributed by atoms with Gasteiger partial charge in [-0.15, -0.1) is 9.78 Å². The molecule has 0 bridgehead atoms. The van der Waals surface area contributed by atoms with Gasteiger partial charge < -0.3 is 25.4 Å². The number of nitrogen functional groups attached to an aromatic ring is 1. The molecule has 13 nitrogen and oxygen atoms in total. The van der Waals surface area contributed by atoms with Crippen molar-refractivity contribution in [2.24, 2.45) is 5.73 Å². The van der Waals surface area contributed by atoms with Crippen molar-refractivity contribution in [2.45, 2.75) is 13.0 Å². The van der Waals surface area contributed by atoms with Crippen molar-refractivity contribution in [3.63, 3.8) is 0 Å². The van der Waals surface area contributed by atoms with E-state index >= 15 is 0 Å². The lowest BCUT2D eigenvalue weighted by Crippen LogP contribution is -2.27. The molecule has 1 atom stereocenters. The van der Waals surface area contributed by atoms with Crippen molar-refractivity contribution in [3.8, 4) is 17.4 Å². The highest BCUT2D eigenvalue weighted by Crippen LogP contribution is 2.33. The normalized spacial score (nSPS) is 11.5. The number of benzene rings is 2. The van der Waals surface area contributed by atoms with E-state index in [0.717, 1.165) is 4.68 Å². The molecule has 4 rings (SSSR count). The number of carbonyl (C=O) groups excluding carboxylic acids is 1. The minimum atomic E-state index is -0.650. The number of hydrogen-bond donors (Lipinski definition) is 4. The van der Waals surface area contributed by atoms with Crippen molar-refractivity contribution in [3.05, 3.63) is 88.4 Å². The molecule has 202 valence electrons. The summed E-state index contributed by atoms with van der Waals surface area (Å²) in [5.41, 5.74) is 7.03. The summed E-state index contributed by atoms with van der Waals surface area (Å²) in [6, 6.07) is 13.2. The van der Waals surface area contributed by atoms with Gasteiger partial charge in [0, 0.05) is 37.7 Å². The van der Waals surface area contributed by atoms with Gasteiger partial charge in [0.1, 0.15) is 11.9 Å². The van der Waals surface area contributed by atoms with E-state index in [1.165, 1.54) is 17.3 Å². The van der Waals surface area contributed by atoms with Gasteiger partial charge in [-0.2, -0.15) is 0 Å². The zero-order chi connectivity index (χ0) is 27.9. The second kappa shape index (κ2) is 11.9. The number of nitrogens with two attached hydrogens (primary N) is 1. The molecule has 0 saturated heterocycles. The second-order valence-corrected chi connectivity index (χ2v) is 8.56. The fourth-order valence-electron chi connectivity index (χ4n) is 3.59. The lowest BCUT2D eigenvalue weighted by Gasteiger charge is -2.20. The van der Waals surface area contributed by atoms with Gasteiger partial charge in [-0.3, -0.25) is 15.2 Å². The molecule has 0 aliphatic heterocycles. The molecule has 0 radical (unpaired) electrons. The van der Waals surface area contributed by atoms with E-state index in [4.69, 9.17) is 20.6 Å². The van der Waals surface area contributed by atoms with Gasteiger partial charge in [0.15, 0.2) is 23.9 Å². The van der Waals surface area contributed by atoms with Crippen LogP contribution in [0.3, 0.4) is 0 Å². The Morgan fingerprint density at radius 2 is 1.85 bits per heavy atom. The number of hydrogen-bond acceptors (Lipinski definition) is 9. The predicted molar refractivity (Wildman–Crippen MR) is 144 cm³/mol. The monoisotopic (exact) mass is 531 g/mol. The Morgan fingerprint density at radius 3 is 2.49 bits per heavy atom. The number of amides is 1. The Balaban J connectivity index is 1.74. The van der Waals surface area contributed by atoms with Gasteiger partial charge in [-0.25, -0.2) is 14.8 Å². The molecule has 2 heterocycles. The number of carbonyl (C=O) groups is 1. The summed E-state index contributed by atoms with van der Waals surface area (Å²) in [4.78, 5) is 37.3. The zero-order valence-corrected chi connectivity index (χ0v) is 21.7. The van der Waals surface area contributed by atoms with E-state index in [1.54, 1.807) is 62.6 Å². The maximum atomic E-state index is 12.8. The Morgan fingerprint density at radius 1 is 1.13 bits per heavy atom. The standard InChI is InChI=1S/C26H29N9O4/c1-4-38-20-14-17(8-11-19(20)39-15-21(36)34(2)3)22(31-18-9-6-16(7-10-18)23(27)28)24-32-26(37)35(33-24)25-29-12-5-13-30-25/h5-14,22,31H,4,15H2,1-3H3,(H3,27,28)(H,32,33,37). The van der Waals surface area contributed by atoms with Gasteiger partial charge in [-0.05, 0) is 55.0 Å². The Kier molecular flexibility index (Phi) is 8.19. The van der Waals surface area contributed by atoms with Crippen LogP contribution in [0.25, 0.3) is 5.95 Å². The van der Waals surface area contributed by atoms with Gasteiger partial charge in [0.05, 0.1) is 6.61 Å². The average Bonchev–Trinajstić information content (AvgIpc) is 3.32. The van der Waals surface area contributed by atoms with Crippen molar-refractivity contribution in [2.75, 3.05) is 32.6 Å². The Labute approximate surface area is 224 Å². The van der Waals surface area contributed by atoms with Crippen LogP contribution in [0.5, 0.6) is 11.5 Å². The summed E-state index contributed by atoms with van der Waals surface area (Å²) in [5, 5.41) is 15.5. The first kappa shape index (κ1) is 26.9. The SMILES string of the molecule is CCOc1cc(C(Nc2ccc(C(=N)N)cc2)c2nn(-c3ncccn3)c(=O)[nH]2)ccc1OCC(=O)N(C)C. The molecule has 4 aromatic rings. The Hall–Kier alpha value is -5.20. The zero-order valence-electron chi connectivity index (χ0n) is 21.7. The molecule has 2 aromatic carbocycles. The fourth-order valence-corrected chi connectivity index (χ4v) is 3.59. The number of nitrogens with zero attached hydrogens (tertiary/aromatic N) is 5. The van der Waals surface area contributed by atoms with Gasteiger partial charge in [0.2, 0.25) is 0 Å². The van der Waals surface area contributed by atoms with Crippen molar-refractivity contribution in [1.29, 1.82) is 5.41 Å². The summed E-state index contributed by atoms with van der Waals surface area (Å²) >= 11 is 0. The van der Waals surface area contributed by atoms with Crippen molar-refractivity contribution >= 4 is 17.4 Å². The molecule has 5 N–H and O–H groups in total. The van der Waals surface area contributed by atoms with E-state index < -0.39 is 11.7 Å². The van der Waals surface area contributed by atoms with Crippen molar-refractivity contribution in [1.82, 2.24) is 29.6 Å². The number of amidine groups is 1. The number of anilines is 1. The summed E-state index contributed by atoms with van der Waals surface area (Å²) in [5.74, 6) is 1.00. The first-order valence-electron chi connectivity index (χ1n) is 12.0. The highest BCUT2D eigenvalue weighted by atomic mass is 16.5. The van der Waals surface area contributed by atoms with Crippen LogP contribution in [0, 0.1) is 5.41 Å². The molecule has 39 heavy (non-hydrogen) atoms. The molecule has 0 aliphatic carbocycles. The van der Waals surface area contributed by atoms with E-state index in [1.807, 2.05) is 6.92 Å². The number of aromatic amines is 1. The number of rotatable bonds is 11. The quantitative estimate of drug-likeness (QED) is 0.166. The number of likely N-dealkylation sites (N-methyl/N-ethyl adjacent to an activating group) is 1. The third-order valence-electron chi connectivity index (χ3n) is 5.61. The molecule has 13 heteroatoms. The highest BCUT2D eigenvalue weighted by molar-refractivity contribution is 5.95. The van der Waals surface area contributed by atoms with Crippen LogP contribution < -0.4 is 26.2 Å². The maximum absolute atomic E-state index is 12.8. The van der Waals surface area contributed by atoms with Crippen LogP contribution in [0.15, 0.2) is 65.7 Å². The fraction of sp³-hybridized carbons (Fsp3) is 0.231. The topological polar surface area (TPSA) is 177 Å². The van der Waals surface area contributed by atoms with Crippen LogP contribution in [0.2, 0.25) is 0 Å². The maximum Gasteiger partial charge on any atom is 0.350 e. The largest absolute Gasteiger partial charge is 0.490 e. The van der Waals surface area contributed by atoms with Crippen LogP contribution in [-0.2, 0) is 4.79 Å². The molecule has 2 aromatic heterocycles. The minimum Gasteiger partial charge on any atom is -0.490 e. The molecule has 0 fully saturated rings. The smallest absolute Gasteiger partial charge is 0.350 e. The van der Waals surface area contributed by atoms with Crippen LogP contribution in [0.4, 0.5) is 5.69 Å². The van der Waals surface area contributed by atoms with Gasteiger partial charge in [0.25, 0.3) is 11.9 Å². The Bertz CT molecular complexity index is 1500. The predicted octanol–water partition coefficient (Wildman–Crippen LogP) is 1.70. The highest BCUT2D eigenvalue weighted by Gasteiger charge is 2.23. The average molecular weight is 532 g/mol. The molecule has 0 spiro atoms. The van der Waals surface area contributed by atoms with E-state index in [9.17, 15) is 9.59 Å². The van der Waals surface area contributed by atoms with Gasteiger partial charge >= 0.3 is 5.69 Å². The summed E-state index contributed by atoms with van der Waals surface area (Å²) in [7, 11) is 3.30. The summed E-state index contributed by atoms with van der Waals surface area (Å²) in [6.45, 7) is 2.06. The number of aromatic nitrogens is 5. The van der Waals surface area contributed by atoms with Crippen LogP contribution in [-0.4, -0.2) is 68.7 Å². The third kappa shape index (κ3) is 6.39. The van der Waals surface area contributed by atoms with Crippen molar-refractivity contribution < 1.29 is 14.3 Å². The molecular formula is C26H29N9O4. The number of nitrogens with one attached hydrogen (secondary N) is 3. The molecule has 1 amide bonds. The number of H-pyrrole nitrogens is 1. The van der Waals surface area contributed by atoms with E-state index in [0.29, 0.717) is 40.7 Å². The lowest BCUT2D eigenvalue weighted by molar-refractivity contribution is -0.130. The first-order valence-corrected chi connectivity index (χ1v) is 12.0. The van der Waals surface area contributed by atoms with E-state index in [2.05, 4.69) is 25.4 Å². The van der Waals surface area contributed by atoms with Gasteiger partial charge in [-0.1, -0.05) is 6.07 Å². The van der Waals surface area contributed by atoms with E-state index in [-0.39, 0.29) is 24.3 Å². The lowest BCUT2D eigenvalue weighted by atomic mass is 10.0. The number of ether oxygens (including phenoxy) is 2. The van der Waals surface area contributed by atoms with Crippen LogP contribution >= 0.6 is 0 Å². The molecular weight excluding hydrogens is 502 g/mol. The second-order valence-electron chi connectivity index (χ2n) is 8.56. The minimum absolute atomic E-state index is 0.0475.